The van der Waals surface area contributed by atoms with Crippen LogP contribution in [-0.4, -0.2) is 17.0 Å². The minimum Gasteiger partial charge on any atom is -0.364 e. The van der Waals surface area contributed by atoms with Crippen LogP contribution < -0.4 is 4.90 Å². The van der Waals surface area contributed by atoms with Crippen LogP contribution >= 0.6 is 27.5 Å². The van der Waals surface area contributed by atoms with Gasteiger partial charge < -0.3 is 4.90 Å². The molecule has 0 saturated carbocycles. The third kappa shape index (κ3) is 2.87. The van der Waals surface area contributed by atoms with E-state index in [1.165, 1.54) is 18.6 Å². The average Bonchev–Trinajstić information content (AvgIpc) is 2.31. The minimum absolute atomic E-state index is 0.0120. The third-order valence-corrected chi connectivity index (χ3v) is 4.56. The zero-order chi connectivity index (χ0) is 14.2. The molecule has 19 heavy (non-hydrogen) atoms. The maximum absolute atomic E-state index is 10.8. The lowest BCUT2D eigenvalue weighted by atomic mass is 9.96. The summed E-state index contributed by atoms with van der Waals surface area (Å²) in [6, 6.07) is 3.73. The van der Waals surface area contributed by atoms with Gasteiger partial charge in [0.1, 0.15) is 0 Å². The number of benzene rings is 1. The van der Waals surface area contributed by atoms with E-state index in [2.05, 4.69) is 34.7 Å². The van der Waals surface area contributed by atoms with E-state index in [-0.39, 0.29) is 5.69 Å². The number of non-ortho nitro benzene ring substituents is 1. The Morgan fingerprint density at radius 2 is 1.95 bits per heavy atom. The van der Waals surface area contributed by atoms with Crippen LogP contribution in [-0.2, 0) is 0 Å². The quantitative estimate of drug-likeness (QED) is 0.571. The van der Waals surface area contributed by atoms with Crippen molar-refractivity contribution in [1.82, 2.24) is 0 Å². The molecule has 0 aliphatic carbocycles. The van der Waals surface area contributed by atoms with Gasteiger partial charge in [-0.2, -0.15) is 0 Å². The molecule has 0 N–H and O–H groups in total. The molecular formula is C13H16BrClN2O2. The normalized spacial score (nSPS) is 23.5. The first-order valence-corrected chi connectivity index (χ1v) is 7.50. The number of nitro benzene ring substituents is 1. The highest BCUT2D eigenvalue weighted by Gasteiger charge is 2.29. The van der Waals surface area contributed by atoms with E-state index in [0.29, 0.717) is 21.6 Å². The Labute approximate surface area is 126 Å². The molecule has 6 heteroatoms. The van der Waals surface area contributed by atoms with E-state index in [1.807, 2.05) is 0 Å². The molecule has 104 valence electrons. The highest BCUT2D eigenvalue weighted by atomic mass is 79.9. The predicted octanol–water partition coefficient (Wildman–Crippen LogP) is 4.78. The molecule has 2 unspecified atom stereocenters. The Hall–Kier alpha value is -0.810. The first-order chi connectivity index (χ1) is 8.91. The molecule has 4 nitrogen and oxygen atoms in total. The van der Waals surface area contributed by atoms with Gasteiger partial charge in [0, 0.05) is 28.7 Å². The maximum atomic E-state index is 10.8. The number of hydrogen-bond donors (Lipinski definition) is 0. The molecule has 1 aromatic carbocycles. The minimum atomic E-state index is -0.427. The lowest BCUT2D eigenvalue weighted by molar-refractivity contribution is -0.384. The number of anilines is 1. The topological polar surface area (TPSA) is 46.4 Å². The van der Waals surface area contributed by atoms with Gasteiger partial charge in [0.05, 0.1) is 15.6 Å². The summed E-state index contributed by atoms with van der Waals surface area (Å²) < 4.78 is 0.687. The maximum Gasteiger partial charge on any atom is 0.272 e. The van der Waals surface area contributed by atoms with Gasteiger partial charge in [0.25, 0.3) is 5.69 Å². The fraction of sp³-hybridized carbons (Fsp3) is 0.538. The Kier molecular flexibility index (Phi) is 4.36. The van der Waals surface area contributed by atoms with Crippen LogP contribution in [0.4, 0.5) is 11.4 Å². The first-order valence-electron chi connectivity index (χ1n) is 6.33. The van der Waals surface area contributed by atoms with Crippen LogP contribution in [0.3, 0.4) is 0 Å². The number of piperidine rings is 1. The third-order valence-electron chi connectivity index (χ3n) is 3.66. The molecule has 1 aliphatic rings. The van der Waals surface area contributed by atoms with Crippen molar-refractivity contribution in [3.63, 3.8) is 0 Å². The smallest absolute Gasteiger partial charge is 0.272 e. The molecule has 1 aliphatic heterocycles. The van der Waals surface area contributed by atoms with Gasteiger partial charge in [-0.3, -0.25) is 10.1 Å². The number of halogens is 2. The fourth-order valence-corrected chi connectivity index (χ4v) is 3.84. The summed E-state index contributed by atoms with van der Waals surface area (Å²) in [5.74, 6) is 0. The molecule has 2 rings (SSSR count). The van der Waals surface area contributed by atoms with E-state index >= 15 is 0 Å². The molecule has 0 bridgehead atoms. The van der Waals surface area contributed by atoms with Crippen molar-refractivity contribution < 1.29 is 4.92 Å². The zero-order valence-electron chi connectivity index (χ0n) is 10.9. The second-order valence-electron chi connectivity index (χ2n) is 5.05. The van der Waals surface area contributed by atoms with Gasteiger partial charge >= 0.3 is 0 Å². The van der Waals surface area contributed by atoms with Crippen molar-refractivity contribution in [1.29, 1.82) is 0 Å². The summed E-state index contributed by atoms with van der Waals surface area (Å²) in [4.78, 5) is 12.7. The standard InChI is InChI=1S/C13H16BrClN2O2/c1-8-4-3-5-9(2)16(8)13-11(14)6-10(17(18)19)7-12(13)15/h6-9H,3-5H2,1-2H3. The van der Waals surface area contributed by atoms with E-state index in [0.717, 1.165) is 18.5 Å². The van der Waals surface area contributed by atoms with Crippen molar-refractivity contribution in [2.45, 2.75) is 45.2 Å². The monoisotopic (exact) mass is 346 g/mol. The average molecular weight is 348 g/mol. The second-order valence-corrected chi connectivity index (χ2v) is 6.31. The summed E-state index contributed by atoms with van der Waals surface area (Å²) in [7, 11) is 0. The molecule has 1 heterocycles. The highest BCUT2D eigenvalue weighted by Crippen LogP contribution is 2.41. The summed E-state index contributed by atoms with van der Waals surface area (Å²) in [6.07, 6.45) is 3.44. The zero-order valence-corrected chi connectivity index (χ0v) is 13.2. The van der Waals surface area contributed by atoms with Crippen LogP contribution in [0.15, 0.2) is 16.6 Å². The molecule has 0 spiro atoms. The van der Waals surface area contributed by atoms with E-state index in [4.69, 9.17) is 11.6 Å². The lowest BCUT2D eigenvalue weighted by Crippen LogP contribution is -2.44. The summed E-state index contributed by atoms with van der Waals surface area (Å²) >= 11 is 9.69. The van der Waals surface area contributed by atoms with Crippen molar-refractivity contribution in [3.8, 4) is 0 Å². The van der Waals surface area contributed by atoms with Crippen LogP contribution in [0, 0.1) is 10.1 Å². The van der Waals surface area contributed by atoms with Gasteiger partial charge in [-0.1, -0.05) is 11.6 Å². The van der Waals surface area contributed by atoms with Crippen LogP contribution in [0.1, 0.15) is 33.1 Å². The summed E-state index contributed by atoms with van der Waals surface area (Å²) in [6.45, 7) is 4.33. The largest absolute Gasteiger partial charge is 0.364 e. The number of nitro groups is 1. The predicted molar refractivity (Wildman–Crippen MR) is 81.1 cm³/mol. The molecular weight excluding hydrogens is 332 g/mol. The molecule has 0 aromatic heterocycles. The van der Waals surface area contributed by atoms with Crippen molar-refractivity contribution in [3.05, 3.63) is 31.7 Å². The first kappa shape index (κ1) is 14.6. The molecule has 0 amide bonds. The number of nitrogens with zero attached hydrogens (tertiary/aromatic N) is 2. The summed E-state index contributed by atoms with van der Waals surface area (Å²) in [5, 5.41) is 11.3. The van der Waals surface area contributed by atoms with Crippen LogP contribution in [0.25, 0.3) is 0 Å². The molecule has 1 aromatic rings. The van der Waals surface area contributed by atoms with Crippen LogP contribution in [0.5, 0.6) is 0 Å². The van der Waals surface area contributed by atoms with Gasteiger partial charge in [-0.25, -0.2) is 0 Å². The van der Waals surface area contributed by atoms with Crippen molar-refractivity contribution in [2.24, 2.45) is 0 Å². The van der Waals surface area contributed by atoms with Gasteiger partial charge in [0.2, 0.25) is 0 Å². The highest BCUT2D eigenvalue weighted by molar-refractivity contribution is 9.10. The lowest BCUT2D eigenvalue weighted by Gasteiger charge is -2.41. The van der Waals surface area contributed by atoms with Gasteiger partial charge in [-0.15, -0.1) is 0 Å². The molecule has 0 radical (unpaired) electrons. The fourth-order valence-electron chi connectivity index (χ4n) is 2.77. The SMILES string of the molecule is CC1CCCC(C)N1c1c(Cl)cc([N+](=O)[O-])cc1Br. The van der Waals surface area contributed by atoms with Gasteiger partial charge in [-0.05, 0) is 49.0 Å². The number of hydrogen-bond acceptors (Lipinski definition) is 3. The number of rotatable bonds is 2. The Morgan fingerprint density at radius 3 is 2.42 bits per heavy atom. The van der Waals surface area contributed by atoms with Crippen molar-refractivity contribution >= 4 is 38.9 Å². The summed E-state index contributed by atoms with van der Waals surface area (Å²) in [5.41, 5.74) is 0.880. The molecule has 1 saturated heterocycles. The Balaban J connectivity index is 2.47. The Bertz CT molecular complexity index is 476. The molecule has 1 fully saturated rings. The van der Waals surface area contributed by atoms with E-state index < -0.39 is 4.92 Å². The molecule has 2 atom stereocenters. The Morgan fingerprint density at radius 1 is 1.37 bits per heavy atom. The van der Waals surface area contributed by atoms with E-state index in [9.17, 15) is 10.1 Å². The van der Waals surface area contributed by atoms with Crippen molar-refractivity contribution in [2.75, 3.05) is 4.90 Å². The van der Waals surface area contributed by atoms with Crippen LogP contribution in [0.2, 0.25) is 5.02 Å². The van der Waals surface area contributed by atoms with E-state index in [1.54, 1.807) is 0 Å². The van der Waals surface area contributed by atoms with Gasteiger partial charge in [0.15, 0.2) is 0 Å². The second kappa shape index (κ2) is 5.67.